The van der Waals surface area contributed by atoms with Crippen LogP contribution in [0.1, 0.15) is 0 Å². The molecule has 5 nitrogen and oxygen atoms in total. The molecule has 0 N–H and O–H groups in total. The zero-order valence-corrected chi connectivity index (χ0v) is 30.2. The molecule has 0 fully saturated rings. The second kappa shape index (κ2) is 13.0. The van der Waals surface area contributed by atoms with Crippen molar-refractivity contribution in [3.8, 4) is 62.1 Å². The first kappa shape index (κ1) is 31.9. The van der Waals surface area contributed by atoms with E-state index in [-0.39, 0.29) is 0 Å². The summed E-state index contributed by atoms with van der Waals surface area (Å²) in [5.74, 6) is 1.83. The molecule has 3 heterocycles. The molecule has 3 aromatic heterocycles. The third-order valence-electron chi connectivity index (χ3n) is 10.7. The monoisotopic (exact) mass is 716 g/mol. The summed E-state index contributed by atoms with van der Waals surface area (Å²) in [6, 6.07) is 67.3. The molecule has 0 spiro atoms. The van der Waals surface area contributed by atoms with Crippen molar-refractivity contribution in [3.05, 3.63) is 194 Å². The molecule has 11 rings (SSSR count). The maximum atomic E-state index is 6.77. The fourth-order valence-electron chi connectivity index (χ4n) is 8.01. The highest BCUT2D eigenvalue weighted by atomic mass is 16.3. The van der Waals surface area contributed by atoms with Gasteiger partial charge in [0, 0.05) is 49.9 Å². The number of aromatic nitrogens is 4. The number of rotatable bonds is 6. The number of fused-ring (bicyclic) bond motifs is 6. The van der Waals surface area contributed by atoms with E-state index < -0.39 is 0 Å². The molecule has 56 heavy (non-hydrogen) atoms. The Balaban J connectivity index is 1.12. The summed E-state index contributed by atoms with van der Waals surface area (Å²) in [5.41, 5.74) is 12.1. The normalized spacial score (nSPS) is 11.6. The molecule has 262 valence electrons. The second-order valence-corrected chi connectivity index (χ2v) is 14.0. The smallest absolute Gasteiger partial charge is 0.166 e. The summed E-state index contributed by atoms with van der Waals surface area (Å²) in [7, 11) is 0. The van der Waals surface area contributed by atoms with Crippen LogP contribution >= 0.6 is 0 Å². The van der Waals surface area contributed by atoms with E-state index in [2.05, 4.69) is 156 Å². The zero-order chi connectivity index (χ0) is 37.0. The molecule has 0 atom stereocenters. The van der Waals surface area contributed by atoms with E-state index in [0.29, 0.717) is 17.5 Å². The maximum Gasteiger partial charge on any atom is 0.166 e. The molecule has 0 saturated carbocycles. The van der Waals surface area contributed by atoms with Crippen LogP contribution < -0.4 is 0 Å². The van der Waals surface area contributed by atoms with Crippen LogP contribution in [0.15, 0.2) is 199 Å². The van der Waals surface area contributed by atoms with Gasteiger partial charge in [0.2, 0.25) is 0 Å². The summed E-state index contributed by atoms with van der Waals surface area (Å²) in [4.78, 5) is 15.4. The molecule has 0 unspecified atom stereocenters. The Hall–Kier alpha value is -7.63. The minimum atomic E-state index is 0.597. The molecular formula is C51H32N4O. The van der Waals surface area contributed by atoms with Crippen molar-refractivity contribution in [2.75, 3.05) is 0 Å². The van der Waals surface area contributed by atoms with Crippen LogP contribution in [0.2, 0.25) is 0 Å². The van der Waals surface area contributed by atoms with Crippen LogP contribution in [0.5, 0.6) is 0 Å². The Labute approximate surface area is 322 Å². The molecule has 0 aliphatic carbocycles. The van der Waals surface area contributed by atoms with Gasteiger partial charge < -0.3 is 8.98 Å². The van der Waals surface area contributed by atoms with E-state index in [0.717, 1.165) is 88.4 Å². The van der Waals surface area contributed by atoms with Gasteiger partial charge in [0.25, 0.3) is 0 Å². The fourth-order valence-corrected chi connectivity index (χ4v) is 8.01. The number of hydrogen-bond acceptors (Lipinski definition) is 4. The molecule has 0 aliphatic rings. The predicted molar refractivity (Wildman–Crippen MR) is 229 cm³/mol. The van der Waals surface area contributed by atoms with Crippen LogP contribution in [0.4, 0.5) is 0 Å². The van der Waals surface area contributed by atoms with Crippen LogP contribution in [0.25, 0.3) is 106 Å². The first-order valence-corrected chi connectivity index (χ1v) is 18.8. The topological polar surface area (TPSA) is 56.7 Å². The first-order chi connectivity index (χ1) is 27.8. The molecule has 11 aromatic rings. The SMILES string of the molecule is c1ccc(-c2ccc(-c3nc(-c4ccccc4)nc(-c4ccccc4-n4c5ccccc5c5cc6c(cc54)oc4c(-c5ccccc5)cccc46)n3)cc2)cc1. The van der Waals surface area contributed by atoms with Gasteiger partial charge in [-0.1, -0.05) is 164 Å². The predicted octanol–water partition coefficient (Wildman–Crippen LogP) is 13.2. The van der Waals surface area contributed by atoms with Gasteiger partial charge in [0.15, 0.2) is 17.5 Å². The quantitative estimate of drug-likeness (QED) is 0.172. The van der Waals surface area contributed by atoms with Crippen molar-refractivity contribution in [3.63, 3.8) is 0 Å². The average Bonchev–Trinajstić information content (AvgIpc) is 3.81. The number of benzene rings is 8. The van der Waals surface area contributed by atoms with Crippen molar-refractivity contribution in [2.45, 2.75) is 0 Å². The van der Waals surface area contributed by atoms with E-state index in [9.17, 15) is 0 Å². The van der Waals surface area contributed by atoms with E-state index in [1.54, 1.807) is 0 Å². The Morgan fingerprint density at radius 2 is 0.875 bits per heavy atom. The lowest BCUT2D eigenvalue weighted by molar-refractivity contribution is 0.670. The van der Waals surface area contributed by atoms with Gasteiger partial charge in [-0.3, -0.25) is 0 Å². The minimum Gasteiger partial charge on any atom is -0.455 e. The fraction of sp³-hybridized carbons (Fsp3) is 0. The Bertz CT molecular complexity index is 3220. The molecule has 0 aliphatic heterocycles. The molecule has 0 radical (unpaired) electrons. The zero-order valence-electron chi connectivity index (χ0n) is 30.2. The van der Waals surface area contributed by atoms with Crippen LogP contribution in [-0.2, 0) is 0 Å². The Kier molecular flexibility index (Phi) is 7.42. The van der Waals surface area contributed by atoms with Gasteiger partial charge in [-0.2, -0.15) is 0 Å². The lowest BCUT2D eigenvalue weighted by Gasteiger charge is -2.14. The van der Waals surface area contributed by atoms with Crippen molar-refractivity contribution in [1.82, 2.24) is 19.5 Å². The Morgan fingerprint density at radius 1 is 0.339 bits per heavy atom. The summed E-state index contributed by atoms with van der Waals surface area (Å²) in [5, 5.41) is 4.50. The van der Waals surface area contributed by atoms with Crippen LogP contribution in [-0.4, -0.2) is 19.5 Å². The summed E-state index contributed by atoms with van der Waals surface area (Å²) >= 11 is 0. The standard InChI is InChI=1S/C51H32N4O/c1-4-15-33(16-5-1)34-27-29-37(30-28-34)50-52-49(36-19-8-3-9-20-36)53-51(54-50)41-22-11-13-26-45(41)55-44-25-12-10-21-39(44)42-31-43-40-24-14-23-38(35-17-6-2-7-18-35)48(40)56-47(43)32-46(42)55/h1-32H. The Morgan fingerprint density at radius 3 is 1.62 bits per heavy atom. The number of nitrogens with zero attached hydrogens (tertiary/aromatic N) is 4. The third-order valence-corrected chi connectivity index (χ3v) is 10.7. The molecule has 8 aromatic carbocycles. The highest BCUT2D eigenvalue weighted by Gasteiger charge is 2.21. The van der Waals surface area contributed by atoms with Gasteiger partial charge >= 0.3 is 0 Å². The largest absolute Gasteiger partial charge is 0.455 e. The third kappa shape index (κ3) is 5.29. The summed E-state index contributed by atoms with van der Waals surface area (Å²) < 4.78 is 9.09. The van der Waals surface area contributed by atoms with Gasteiger partial charge in [0.1, 0.15) is 11.2 Å². The highest BCUT2D eigenvalue weighted by molar-refractivity contribution is 6.18. The minimum absolute atomic E-state index is 0.597. The van der Waals surface area contributed by atoms with Crippen molar-refractivity contribution in [1.29, 1.82) is 0 Å². The van der Waals surface area contributed by atoms with E-state index in [1.165, 1.54) is 0 Å². The summed E-state index contributed by atoms with van der Waals surface area (Å²) in [6.45, 7) is 0. The van der Waals surface area contributed by atoms with Gasteiger partial charge in [-0.25, -0.2) is 15.0 Å². The van der Waals surface area contributed by atoms with E-state index in [1.807, 2.05) is 42.5 Å². The molecule has 0 saturated heterocycles. The van der Waals surface area contributed by atoms with Crippen LogP contribution in [0.3, 0.4) is 0 Å². The van der Waals surface area contributed by atoms with Crippen molar-refractivity contribution < 1.29 is 4.42 Å². The van der Waals surface area contributed by atoms with Crippen molar-refractivity contribution >= 4 is 43.7 Å². The molecule has 0 bridgehead atoms. The average molecular weight is 717 g/mol. The van der Waals surface area contributed by atoms with E-state index >= 15 is 0 Å². The molecule has 5 heteroatoms. The number of furan rings is 1. The lowest BCUT2D eigenvalue weighted by Crippen LogP contribution is -2.03. The van der Waals surface area contributed by atoms with E-state index in [4.69, 9.17) is 19.4 Å². The summed E-state index contributed by atoms with van der Waals surface area (Å²) in [6.07, 6.45) is 0. The lowest BCUT2D eigenvalue weighted by atomic mass is 10.0. The maximum absolute atomic E-state index is 6.77. The molecular weight excluding hydrogens is 685 g/mol. The van der Waals surface area contributed by atoms with Gasteiger partial charge in [-0.15, -0.1) is 0 Å². The highest BCUT2D eigenvalue weighted by Crippen LogP contribution is 2.42. The van der Waals surface area contributed by atoms with Crippen molar-refractivity contribution in [2.24, 2.45) is 0 Å². The molecule has 0 amide bonds. The number of para-hydroxylation sites is 3. The number of hydrogen-bond donors (Lipinski definition) is 0. The first-order valence-electron chi connectivity index (χ1n) is 18.8. The van der Waals surface area contributed by atoms with Crippen LogP contribution in [0, 0.1) is 0 Å². The van der Waals surface area contributed by atoms with Gasteiger partial charge in [0.05, 0.1) is 16.7 Å². The van der Waals surface area contributed by atoms with Gasteiger partial charge in [-0.05, 0) is 41.0 Å². The second-order valence-electron chi connectivity index (χ2n) is 14.0.